The molecule has 1 radical (unpaired) electrons. The Hall–Kier alpha value is -0.0800. The van der Waals surface area contributed by atoms with Crippen LogP contribution in [0.2, 0.25) is 0 Å². The van der Waals surface area contributed by atoms with Crippen LogP contribution in [-0.2, 0) is 4.74 Å². The normalized spacial score (nSPS) is 29.0. The van der Waals surface area contributed by atoms with Crippen molar-refractivity contribution in [2.75, 3.05) is 13.2 Å². The van der Waals surface area contributed by atoms with Gasteiger partial charge in [0.2, 0.25) is 0 Å². The molecule has 0 aromatic carbocycles. The molecule has 0 aromatic heterocycles. The first-order valence-corrected chi connectivity index (χ1v) is 6.41. The molecule has 1 aliphatic rings. The molecule has 0 heterocycles. The van der Waals surface area contributed by atoms with Gasteiger partial charge in [-0.2, -0.15) is 0 Å². The molecule has 2 nitrogen and oxygen atoms in total. The predicted octanol–water partition coefficient (Wildman–Crippen LogP) is 2.77. The van der Waals surface area contributed by atoms with Crippen LogP contribution in [0.3, 0.4) is 0 Å². The lowest BCUT2D eigenvalue weighted by Crippen LogP contribution is -2.27. The zero-order valence-corrected chi connectivity index (χ0v) is 10.2. The highest BCUT2D eigenvalue weighted by Crippen LogP contribution is 2.33. The van der Waals surface area contributed by atoms with Crippen LogP contribution in [0.1, 0.15) is 46.0 Å². The van der Waals surface area contributed by atoms with Gasteiger partial charge in [0.15, 0.2) is 0 Å². The maximum atomic E-state index is 5.73. The SMILES string of the molecule is CCOC1CCCC(C(C)C[CH]CN)C1. The van der Waals surface area contributed by atoms with Crippen molar-refractivity contribution in [1.29, 1.82) is 0 Å². The highest BCUT2D eigenvalue weighted by atomic mass is 16.5. The van der Waals surface area contributed by atoms with Crippen molar-refractivity contribution >= 4 is 0 Å². The molecule has 0 amide bonds. The van der Waals surface area contributed by atoms with E-state index in [9.17, 15) is 0 Å². The monoisotopic (exact) mass is 212 g/mol. The van der Waals surface area contributed by atoms with Crippen LogP contribution >= 0.6 is 0 Å². The second-order valence-electron chi connectivity index (χ2n) is 4.74. The van der Waals surface area contributed by atoms with Gasteiger partial charge >= 0.3 is 0 Å². The van der Waals surface area contributed by atoms with Gasteiger partial charge in [0.05, 0.1) is 6.10 Å². The summed E-state index contributed by atoms with van der Waals surface area (Å²) >= 11 is 0. The summed E-state index contributed by atoms with van der Waals surface area (Å²) in [7, 11) is 0. The van der Waals surface area contributed by atoms with Crippen molar-refractivity contribution in [1.82, 2.24) is 0 Å². The smallest absolute Gasteiger partial charge is 0.0577 e. The van der Waals surface area contributed by atoms with E-state index >= 15 is 0 Å². The average molecular weight is 212 g/mol. The fourth-order valence-electron chi connectivity index (χ4n) is 2.64. The quantitative estimate of drug-likeness (QED) is 0.735. The number of hydrogen-bond donors (Lipinski definition) is 1. The first-order valence-electron chi connectivity index (χ1n) is 6.41. The zero-order valence-electron chi connectivity index (χ0n) is 10.2. The first kappa shape index (κ1) is 13.0. The van der Waals surface area contributed by atoms with Gasteiger partial charge in [-0.15, -0.1) is 0 Å². The summed E-state index contributed by atoms with van der Waals surface area (Å²) in [4.78, 5) is 0. The molecule has 0 saturated heterocycles. The van der Waals surface area contributed by atoms with Crippen LogP contribution in [0.15, 0.2) is 0 Å². The Morgan fingerprint density at radius 1 is 1.47 bits per heavy atom. The summed E-state index contributed by atoms with van der Waals surface area (Å²) in [5.41, 5.74) is 5.50. The maximum absolute atomic E-state index is 5.73. The van der Waals surface area contributed by atoms with E-state index in [1.807, 2.05) is 0 Å². The largest absolute Gasteiger partial charge is 0.378 e. The Labute approximate surface area is 94.6 Å². The molecule has 1 saturated carbocycles. The third-order valence-electron chi connectivity index (χ3n) is 3.58. The van der Waals surface area contributed by atoms with Crippen molar-refractivity contribution in [3.05, 3.63) is 6.42 Å². The molecule has 2 N–H and O–H groups in total. The van der Waals surface area contributed by atoms with Gasteiger partial charge in [-0.1, -0.05) is 19.8 Å². The van der Waals surface area contributed by atoms with Gasteiger partial charge in [-0.25, -0.2) is 0 Å². The maximum Gasteiger partial charge on any atom is 0.0577 e. The lowest BCUT2D eigenvalue weighted by molar-refractivity contribution is 0.0113. The fourth-order valence-corrected chi connectivity index (χ4v) is 2.64. The number of rotatable bonds is 6. The van der Waals surface area contributed by atoms with Gasteiger partial charge in [-0.05, 0) is 51.0 Å². The number of ether oxygens (including phenoxy) is 1. The Bertz CT molecular complexity index is 159. The van der Waals surface area contributed by atoms with Crippen molar-refractivity contribution in [3.63, 3.8) is 0 Å². The van der Waals surface area contributed by atoms with Crippen LogP contribution in [0.25, 0.3) is 0 Å². The summed E-state index contributed by atoms with van der Waals surface area (Å²) < 4.78 is 5.73. The zero-order chi connectivity index (χ0) is 11.1. The molecule has 0 aliphatic heterocycles. The van der Waals surface area contributed by atoms with Crippen LogP contribution in [0.5, 0.6) is 0 Å². The Kier molecular flexibility index (Phi) is 6.26. The van der Waals surface area contributed by atoms with E-state index < -0.39 is 0 Å². The lowest BCUT2D eigenvalue weighted by Gasteiger charge is -2.32. The fraction of sp³-hybridized carbons (Fsp3) is 0.923. The number of nitrogens with two attached hydrogens (primary N) is 1. The molecule has 0 bridgehead atoms. The minimum absolute atomic E-state index is 0.522. The highest BCUT2D eigenvalue weighted by Gasteiger charge is 2.25. The lowest BCUT2D eigenvalue weighted by atomic mass is 9.78. The van der Waals surface area contributed by atoms with E-state index in [1.165, 1.54) is 32.1 Å². The molecule has 1 fully saturated rings. The average Bonchev–Trinajstić information content (AvgIpc) is 2.27. The van der Waals surface area contributed by atoms with Gasteiger partial charge in [0.1, 0.15) is 0 Å². The summed E-state index contributed by atoms with van der Waals surface area (Å²) in [5.74, 6) is 1.62. The summed E-state index contributed by atoms with van der Waals surface area (Å²) in [6.07, 6.45) is 9.12. The van der Waals surface area contributed by atoms with Gasteiger partial charge in [0, 0.05) is 6.61 Å². The van der Waals surface area contributed by atoms with E-state index in [0.29, 0.717) is 12.6 Å². The minimum Gasteiger partial charge on any atom is -0.378 e. The third kappa shape index (κ3) is 4.52. The molecule has 0 aromatic rings. The molecule has 2 heteroatoms. The first-order chi connectivity index (χ1) is 7.27. The predicted molar refractivity (Wildman–Crippen MR) is 64.5 cm³/mol. The van der Waals surface area contributed by atoms with Crippen LogP contribution < -0.4 is 5.73 Å². The molecule has 1 aliphatic carbocycles. The molecule has 3 atom stereocenters. The second-order valence-corrected chi connectivity index (χ2v) is 4.74. The van der Waals surface area contributed by atoms with E-state index in [1.54, 1.807) is 0 Å². The van der Waals surface area contributed by atoms with Gasteiger partial charge < -0.3 is 10.5 Å². The molecule has 89 valence electrons. The van der Waals surface area contributed by atoms with Crippen molar-refractivity contribution < 1.29 is 4.74 Å². The molecule has 0 spiro atoms. The topological polar surface area (TPSA) is 35.2 Å². The molecular formula is C13H26NO. The van der Waals surface area contributed by atoms with Gasteiger partial charge in [0.25, 0.3) is 0 Å². The van der Waals surface area contributed by atoms with Gasteiger partial charge in [-0.3, -0.25) is 0 Å². The van der Waals surface area contributed by atoms with E-state index in [-0.39, 0.29) is 0 Å². The summed E-state index contributed by atoms with van der Waals surface area (Å²) in [6.45, 7) is 6.02. The highest BCUT2D eigenvalue weighted by molar-refractivity contribution is 4.80. The van der Waals surface area contributed by atoms with Crippen LogP contribution in [0, 0.1) is 18.3 Å². The van der Waals surface area contributed by atoms with Crippen molar-refractivity contribution in [2.45, 2.75) is 52.1 Å². The van der Waals surface area contributed by atoms with Crippen molar-refractivity contribution in [3.8, 4) is 0 Å². The molecule has 15 heavy (non-hydrogen) atoms. The van der Waals surface area contributed by atoms with Crippen LogP contribution in [-0.4, -0.2) is 19.3 Å². The summed E-state index contributed by atoms with van der Waals surface area (Å²) in [5, 5.41) is 0. The van der Waals surface area contributed by atoms with E-state index in [4.69, 9.17) is 10.5 Å². The Morgan fingerprint density at radius 2 is 2.27 bits per heavy atom. The van der Waals surface area contributed by atoms with E-state index in [0.717, 1.165) is 18.4 Å². The Balaban J connectivity index is 2.27. The van der Waals surface area contributed by atoms with Crippen LogP contribution in [0.4, 0.5) is 0 Å². The number of hydrogen-bond acceptors (Lipinski definition) is 2. The third-order valence-corrected chi connectivity index (χ3v) is 3.58. The standard InChI is InChI=1S/C13H26NO/c1-3-15-13-8-4-7-12(10-13)11(2)6-5-9-14/h5,11-13H,3-4,6-10,14H2,1-2H3. The minimum atomic E-state index is 0.522. The summed E-state index contributed by atoms with van der Waals surface area (Å²) in [6, 6.07) is 0. The molecular weight excluding hydrogens is 186 g/mol. The second kappa shape index (κ2) is 7.24. The molecule has 3 unspecified atom stereocenters. The van der Waals surface area contributed by atoms with E-state index in [2.05, 4.69) is 20.3 Å². The van der Waals surface area contributed by atoms with Crippen molar-refractivity contribution in [2.24, 2.45) is 17.6 Å². The molecule has 1 rings (SSSR count). The Morgan fingerprint density at radius 3 is 2.93 bits per heavy atom.